The Morgan fingerprint density at radius 3 is 0.681 bits per heavy atom. The van der Waals surface area contributed by atoms with Crippen molar-refractivity contribution in [1.82, 2.24) is 0 Å². The topological polar surface area (TPSA) is 43.4 Å². The standard InChI is InChI=1S/C40H36N2O4S/c1-43-35-17-5-29(6-18-35)41(30-7-19-36(44-2)20-8-30)33-13-25-39(26-14-33)47-40-27-15-34(16-28-40)42(31-9-21-37(45-3)22-10-31)32-11-23-38(46-4)24-12-32/h5-28H,1-4H3. The van der Waals surface area contributed by atoms with Crippen molar-refractivity contribution in [2.75, 3.05) is 38.2 Å². The number of hydrogen-bond donors (Lipinski definition) is 0. The Bertz CT molecular complexity index is 1620. The minimum absolute atomic E-state index is 0.817. The summed E-state index contributed by atoms with van der Waals surface area (Å²) in [6.07, 6.45) is 0. The van der Waals surface area contributed by atoms with E-state index in [2.05, 4.69) is 107 Å². The molecule has 236 valence electrons. The molecule has 0 spiro atoms. The lowest BCUT2D eigenvalue weighted by Gasteiger charge is -2.26. The minimum atomic E-state index is 0.817. The van der Waals surface area contributed by atoms with Gasteiger partial charge in [0, 0.05) is 43.9 Å². The molecular weight excluding hydrogens is 605 g/mol. The highest BCUT2D eigenvalue weighted by Crippen LogP contribution is 2.40. The zero-order valence-corrected chi connectivity index (χ0v) is 27.6. The van der Waals surface area contributed by atoms with Crippen molar-refractivity contribution < 1.29 is 18.9 Å². The SMILES string of the molecule is COc1ccc(N(c2ccc(OC)cc2)c2ccc(Sc3ccc(N(c4ccc(OC)cc4)c4ccc(OC)cc4)cc3)cc2)cc1. The Kier molecular flexibility index (Phi) is 9.84. The van der Waals surface area contributed by atoms with Gasteiger partial charge in [0.2, 0.25) is 0 Å². The molecule has 47 heavy (non-hydrogen) atoms. The van der Waals surface area contributed by atoms with E-state index < -0.39 is 0 Å². The van der Waals surface area contributed by atoms with Crippen LogP contribution in [-0.2, 0) is 0 Å². The molecule has 6 rings (SSSR count). The Morgan fingerprint density at radius 1 is 0.298 bits per heavy atom. The summed E-state index contributed by atoms with van der Waals surface area (Å²) in [6.45, 7) is 0. The fraction of sp³-hybridized carbons (Fsp3) is 0.100. The van der Waals surface area contributed by atoms with Gasteiger partial charge in [0.1, 0.15) is 23.0 Å². The highest BCUT2D eigenvalue weighted by Gasteiger charge is 2.15. The fourth-order valence-corrected chi connectivity index (χ4v) is 6.10. The van der Waals surface area contributed by atoms with E-state index in [0.29, 0.717) is 0 Å². The molecule has 0 aliphatic carbocycles. The van der Waals surface area contributed by atoms with E-state index in [1.165, 1.54) is 0 Å². The van der Waals surface area contributed by atoms with Crippen LogP contribution in [0.1, 0.15) is 0 Å². The van der Waals surface area contributed by atoms with Gasteiger partial charge in [0.25, 0.3) is 0 Å². The molecule has 0 amide bonds. The van der Waals surface area contributed by atoms with E-state index in [0.717, 1.165) is 66.9 Å². The average molecular weight is 641 g/mol. The normalized spacial score (nSPS) is 10.6. The number of hydrogen-bond acceptors (Lipinski definition) is 7. The molecular formula is C40H36N2O4S. The maximum atomic E-state index is 5.40. The summed E-state index contributed by atoms with van der Waals surface area (Å²) in [5.74, 6) is 3.27. The highest BCUT2D eigenvalue weighted by atomic mass is 32.2. The van der Waals surface area contributed by atoms with Crippen LogP contribution in [0.5, 0.6) is 23.0 Å². The van der Waals surface area contributed by atoms with Crippen LogP contribution in [0.4, 0.5) is 34.1 Å². The first-order valence-electron chi connectivity index (χ1n) is 15.1. The van der Waals surface area contributed by atoms with Crippen molar-refractivity contribution in [3.8, 4) is 23.0 Å². The number of benzene rings is 6. The number of rotatable bonds is 12. The number of ether oxygens (including phenoxy) is 4. The summed E-state index contributed by atoms with van der Waals surface area (Å²) in [7, 11) is 6.71. The van der Waals surface area contributed by atoms with Gasteiger partial charge in [-0.2, -0.15) is 0 Å². The Morgan fingerprint density at radius 2 is 0.489 bits per heavy atom. The Labute approximate surface area is 280 Å². The molecule has 0 aromatic heterocycles. The van der Waals surface area contributed by atoms with Gasteiger partial charge >= 0.3 is 0 Å². The molecule has 0 fully saturated rings. The summed E-state index contributed by atoms with van der Waals surface area (Å²) in [6, 6.07) is 49.6. The van der Waals surface area contributed by atoms with Crippen LogP contribution in [0.3, 0.4) is 0 Å². The molecule has 0 heterocycles. The van der Waals surface area contributed by atoms with Gasteiger partial charge in [-0.05, 0) is 146 Å². The first-order chi connectivity index (χ1) is 23.1. The van der Waals surface area contributed by atoms with Gasteiger partial charge in [-0.1, -0.05) is 11.8 Å². The predicted molar refractivity (Wildman–Crippen MR) is 193 cm³/mol. The molecule has 0 N–H and O–H groups in total. The lowest BCUT2D eigenvalue weighted by atomic mass is 10.2. The van der Waals surface area contributed by atoms with Crippen LogP contribution in [0.15, 0.2) is 155 Å². The van der Waals surface area contributed by atoms with Gasteiger partial charge in [-0.15, -0.1) is 0 Å². The van der Waals surface area contributed by atoms with Gasteiger partial charge in [-0.25, -0.2) is 0 Å². The first-order valence-corrected chi connectivity index (χ1v) is 15.9. The fourth-order valence-electron chi connectivity index (χ4n) is 5.28. The molecule has 7 heteroatoms. The maximum Gasteiger partial charge on any atom is 0.119 e. The third kappa shape index (κ3) is 7.32. The van der Waals surface area contributed by atoms with Crippen LogP contribution in [0, 0.1) is 0 Å². The first kappa shape index (κ1) is 31.5. The molecule has 0 aliphatic heterocycles. The molecule has 0 saturated heterocycles. The van der Waals surface area contributed by atoms with Gasteiger partial charge in [0.15, 0.2) is 0 Å². The third-order valence-corrected chi connectivity index (χ3v) is 8.76. The summed E-state index contributed by atoms with van der Waals surface area (Å²) in [4.78, 5) is 6.73. The molecule has 0 aliphatic rings. The summed E-state index contributed by atoms with van der Waals surface area (Å²) in [5.41, 5.74) is 6.23. The molecule has 0 unspecified atom stereocenters. The van der Waals surface area contributed by atoms with Crippen LogP contribution in [0.2, 0.25) is 0 Å². The van der Waals surface area contributed by atoms with Crippen LogP contribution in [0.25, 0.3) is 0 Å². The lowest BCUT2D eigenvalue weighted by molar-refractivity contribution is 0.414. The van der Waals surface area contributed by atoms with E-state index in [1.54, 1.807) is 40.2 Å². The van der Waals surface area contributed by atoms with E-state index in [4.69, 9.17) is 18.9 Å². The molecule has 6 nitrogen and oxygen atoms in total. The largest absolute Gasteiger partial charge is 0.497 e. The van der Waals surface area contributed by atoms with Crippen molar-refractivity contribution in [2.24, 2.45) is 0 Å². The predicted octanol–water partition coefficient (Wildman–Crippen LogP) is 10.8. The van der Waals surface area contributed by atoms with Gasteiger partial charge in [-0.3, -0.25) is 0 Å². The number of anilines is 6. The van der Waals surface area contributed by atoms with Crippen molar-refractivity contribution in [1.29, 1.82) is 0 Å². The summed E-state index contributed by atoms with van der Waals surface area (Å²) in [5, 5.41) is 0. The molecule has 0 bridgehead atoms. The second-order valence-electron chi connectivity index (χ2n) is 10.6. The molecule has 6 aromatic rings. The summed E-state index contributed by atoms with van der Waals surface area (Å²) < 4.78 is 21.6. The second kappa shape index (κ2) is 14.7. The monoisotopic (exact) mass is 640 g/mol. The van der Waals surface area contributed by atoms with Crippen molar-refractivity contribution >= 4 is 45.9 Å². The average Bonchev–Trinajstić information content (AvgIpc) is 3.14. The van der Waals surface area contributed by atoms with Crippen LogP contribution in [-0.4, -0.2) is 28.4 Å². The molecule has 0 saturated carbocycles. The zero-order valence-electron chi connectivity index (χ0n) is 26.8. The van der Waals surface area contributed by atoms with E-state index in [9.17, 15) is 0 Å². The third-order valence-electron chi connectivity index (χ3n) is 7.75. The van der Waals surface area contributed by atoms with E-state index in [1.807, 2.05) is 48.5 Å². The molecule has 6 aromatic carbocycles. The van der Waals surface area contributed by atoms with Crippen LogP contribution < -0.4 is 28.7 Å². The van der Waals surface area contributed by atoms with Gasteiger partial charge < -0.3 is 28.7 Å². The molecule has 0 radical (unpaired) electrons. The highest BCUT2D eigenvalue weighted by molar-refractivity contribution is 7.99. The van der Waals surface area contributed by atoms with E-state index >= 15 is 0 Å². The number of methoxy groups -OCH3 is 4. The molecule has 0 atom stereocenters. The summed E-state index contributed by atoms with van der Waals surface area (Å²) >= 11 is 1.73. The number of nitrogens with zero attached hydrogens (tertiary/aromatic N) is 2. The smallest absolute Gasteiger partial charge is 0.119 e. The van der Waals surface area contributed by atoms with Crippen molar-refractivity contribution in [3.63, 3.8) is 0 Å². The van der Waals surface area contributed by atoms with E-state index in [-0.39, 0.29) is 0 Å². The lowest BCUT2D eigenvalue weighted by Crippen LogP contribution is -2.10. The minimum Gasteiger partial charge on any atom is -0.497 e. The maximum absolute atomic E-state index is 5.40. The van der Waals surface area contributed by atoms with Gasteiger partial charge in [0.05, 0.1) is 28.4 Å². The Balaban J connectivity index is 1.24. The van der Waals surface area contributed by atoms with Crippen LogP contribution >= 0.6 is 11.8 Å². The Hall–Kier alpha value is -5.53. The second-order valence-corrected chi connectivity index (χ2v) is 11.7. The quantitative estimate of drug-likeness (QED) is 0.132. The zero-order chi connectivity index (χ0) is 32.6. The van der Waals surface area contributed by atoms with Crippen molar-refractivity contribution in [2.45, 2.75) is 9.79 Å². The van der Waals surface area contributed by atoms with Crippen molar-refractivity contribution in [3.05, 3.63) is 146 Å².